The third kappa shape index (κ3) is 3.06. The summed E-state index contributed by atoms with van der Waals surface area (Å²) < 4.78 is 10.9. The average molecular weight is 348 g/mol. The lowest BCUT2D eigenvalue weighted by molar-refractivity contribution is 0.0322. The molecule has 1 unspecified atom stereocenters. The number of esters is 1. The number of aromatic amines is 1. The van der Waals surface area contributed by atoms with Gasteiger partial charge < -0.3 is 14.1 Å². The van der Waals surface area contributed by atoms with Crippen LogP contribution < -0.4 is 0 Å². The summed E-state index contributed by atoms with van der Waals surface area (Å²) in [4.78, 5) is 20.1. The van der Waals surface area contributed by atoms with Gasteiger partial charge in [0.15, 0.2) is 6.10 Å². The molecule has 0 spiro atoms. The number of fused-ring (bicyclic) bond motifs is 1. The number of benzene rings is 2. The number of imidazole rings is 1. The zero-order valence-electron chi connectivity index (χ0n) is 14.3. The molecule has 2 aromatic carbocycles. The van der Waals surface area contributed by atoms with Gasteiger partial charge in [-0.1, -0.05) is 18.2 Å². The first-order valence-corrected chi connectivity index (χ1v) is 8.16. The summed E-state index contributed by atoms with van der Waals surface area (Å²) in [6, 6.07) is 14.6. The number of rotatable bonds is 4. The molecule has 26 heavy (non-hydrogen) atoms. The van der Waals surface area contributed by atoms with Crippen LogP contribution in [0.3, 0.4) is 0 Å². The average Bonchev–Trinajstić information content (AvgIpc) is 3.28. The van der Waals surface area contributed by atoms with E-state index in [2.05, 4.69) is 20.2 Å². The van der Waals surface area contributed by atoms with E-state index >= 15 is 0 Å². The highest BCUT2D eigenvalue weighted by molar-refractivity contribution is 5.90. The first-order valence-electron chi connectivity index (χ1n) is 8.16. The zero-order valence-corrected chi connectivity index (χ0v) is 14.3. The third-order valence-corrected chi connectivity index (χ3v) is 3.95. The van der Waals surface area contributed by atoms with Crippen LogP contribution in [0, 0.1) is 6.92 Å². The maximum atomic E-state index is 12.5. The molecule has 0 amide bonds. The molecule has 1 N–H and O–H groups in total. The largest absolute Gasteiger partial charge is 0.451 e. The SMILES string of the molecule is Cc1nnc(-c2cccc(C(=O)OC(C)c3nc4ccccc4[nH]3)c2)o1. The van der Waals surface area contributed by atoms with Gasteiger partial charge in [0, 0.05) is 12.5 Å². The lowest BCUT2D eigenvalue weighted by Gasteiger charge is -2.11. The lowest BCUT2D eigenvalue weighted by Crippen LogP contribution is -2.10. The number of aromatic nitrogens is 4. The molecule has 2 aromatic heterocycles. The van der Waals surface area contributed by atoms with Crippen molar-refractivity contribution in [2.24, 2.45) is 0 Å². The van der Waals surface area contributed by atoms with Gasteiger partial charge in [-0.15, -0.1) is 10.2 Å². The second-order valence-corrected chi connectivity index (χ2v) is 5.89. The number of carbonyl (C=O) groups is 1. The number of carbonyl (C=O) groups excluding carboxylic acids is 1. The van der Waals surface area contributed by atoms with Gasteiger partial charge in [-0.25, -0.2) is 9.78 Å². The van der Waals surface area contributed by atoms with E-state index in [0.29, 0.717) is 28.7 Å². The van der Waals surface area contributed by atoms with Gasteiger partial charge >= 0.3 is 5.97 Å². The van der Waals surface area contributed by atoms with E-state index in [1.807, 2.05) is 24.3 Å². The predicted octanol–water partition coefficient (Wildman–Crippen LogP) is 3.84. The van der Waals surface area contributed by atoms with Crippen molar-refractivity contribution >= 4 is 17.0 Å². The Bertz CT molecular complexity index is 1050. The number of aryl methyl sites for hydroxylation is 1. The predicted molar refractivity (Wildman–Crippen MR) is 94.4 cm³/mol. The van der Waals surface area contributed by atoms with Crippen molar-refractivity contribution in [2.45, 2.75) is 20.0 Å². The van der Waals surface area contributed by atoms with Gasteiger partial charge in [0.1, 0.15) is 5.82 Å². The molecule has 4 aromatic rings. The van der Waals surface area contributed by atoms with Crippen molar-refractivity contribution in [3.05, 3.63) is 65.8 Å². The Hall–Kier alpha value is -3.48. The van der Waals surface area contributed by atoms with Gasteiger partial charge in [-0.2, -0.15) is 0 Å². The van der Waals surface area contributed by atoms with E-state index in [-0.39, 0.29) is 0 Å². The molecule has 0 bridgehead atoms. The summed E-state index contributed by atoms with van der Waals surface area (Å²) in [5.41, 5.74) is 2.80. The smallest absolute Gasteiger partial charge is 0.338 e. The normalized spacial score (nSPS) is 12.2. The molecule has 7 heteroatoms. The molecule has 0 radical (unpaired) electrons. The Kier molecular flexibility index (Phi) is 3.96. The minimum atomic E-state index is -0.510. The highest BCUT2D eigenvalue weighted by Crippen LogP contribution is 2.22. The van der Waals surface area contributed by atoms with E-state index in [9.17, 15) is 4.79 Å². The second-order valence-electron chi connectivity index (χ2n) is 5.89. The Morgan fingerprint density at radius 2 is 2.00 bits per heavy atom. The molecule has 4 rings (SSSR count). The van der Waals surface area contributed by atoms with Crippen LogP contribution in [-0.4, -0.2) is 26.1 Å². The fourth-order valence-corrected chi connectivity index (χ4v) is 2.64. The first-order chi connectivity index (χ1) is 12.6. The number of nitrogens with one attached hydrogen (secondary N) is 1. The van der Waals surface area contributed by atoms with Crippen LogP contribution in [-0.2, 0) is 4.74 Å². The van der Waals surface area contributed by atoms with Gasteiger partial charge in [0.05, 0.1) is 16.6 Å². The van der Waals surface area contributed by atoms with Crippen molar-refractivity contribution in [2.75, 3.05) is 0 Å². The fourth-order valence-electron chi connectivity index (χ4n) is 2.64. The number of para-hydroxylation sites is 2. The van der Waals surface area contributed by atoms with Crippen molar-refractivity contribution in [3.63, 3.8) is 0 Å². The molecule has 0 saturated carbocycles. The summed E-state index contributed by atoms with van der Waals surface area (Å²) in [7, 11) is 0. The van der Waals surface area contributed by atoms with E-state index < -0.39 is 12.1 Å². The molecule has 0 saturated heterocycles. The Morgan fingerprint density at radius 3 is 2.77 bits per heavy atom. The molecule has 1 atom stereocenters. The van der Waals surface area contributed by atoms with Crippen LogP contribution in [0.2, 0.25) is 0 Å². The van der Waals surface area contributed by atoms with Gasteiger partial charge in [0.2, 0.25) is 11.8 Å². The molecular weight excluding hydrogens is 332 g/mol. The zero-order chi connectivity index (χ0) is 18.1. The summed E-state index contributed by atoms with van der Waals surface area (Å²) in [6.07, 6.45) is -0.510. The highest BCUT2D eigenvalue weighted by Gasteiger charge is 2.18. The molecule has 0 fully saturated rings. The summed E-state index contributed by atoms with van der Waals surface area (Å²) >= 11 is 0. The van der Waals surface area contributed by atoms with Gasteiger partial charge in [-0.3, -0.25) is 0 Å². The van der Waals surface area contributed by atoms with Crippen molar-refractivity contribution in [1.82, 2.24) is 20.2 Å². The van der Waals surface area contributed by atoms with Crippen LogP contribution in [0.4, 0.5) is 0 Å². The molecule has 0 aliphatic heterocycles. The molecular formula is C19H16N4O3. The van der Waals surface area contributed by atoms with Crippen LogP contribution in [0.5, 0.6) is 0 Å². The van der Waals surface area contributed by atoms with E-state index in [1.165, 1.54) is 0 Å². The van der Waals surface area contributed by atoms with Gasteiger partial charge in [-0.05, 0) is 37.3 Å². The summed E-state index contributed by atoms with van der Waals surface area (Å²) in [6.45, 7) is 3.49. The molecule has 2 heterocycles. The quantitative estimate of drug-likeness (QED) is 0.563. The van der Waals surface area contributed by atoms with Crippen LogP contribution >= 0.6 is 0 Å². The summed E-state index contributed by atoms with van der Waals surface area (Å²) in [5.74, 6) is 0.980. The topological polar surface area (TPSA) is 93.9 Å². The first kappa shape index (κ1) is 16.0. The minimum absolute atomic E-state index is 0.363. The third-order valence-electron chi connectivity index (χ3n) is 3.95. The number of ether oxygens (including phenoxy) is 1. The Labute approximate surface area is 149 Å². The van der Waals surface area contributed by atoms with Gasteiger partial charge in [0.25, 0.3) is 0 Å². The lowest BCUT2D eigenvalue weighted by atomic mass is 10.1. The van der Waals surface area contributed by atoms with Crippen molar-refractivity contribution in [1.29, 1.82) is 0 Å². The van der Waals surface area contributed by atoms with Crippen LogP contribution in [0.1, 0.15) is 35.1 Å². The molecule has 7 nitrogen and oxygen atoms in total. The Balaban J connectivity index is 1.54. The highest BCUT2D eigenvalue weighted by atomic mass is 16.5. The second kappa shape index (κ2) is 6.44. The fraction of sp³-hybridized carbons (Fsp3) is 0.158. The summed E-state index contributed by atoms with van der Waals surface area (Å²) in [5, 5.41) is 7.77. The van der Waals surface area contributed by atoms with E-state index in [4.69, 9.17) is 9.15 Å². The maximum Gasteiger partial charge on any atom is 0.338 e. The number of hydrogen-bond donors (Lipinski definition) is 1. The maximum absolute atomic E-state index is 12.5. The van der Waals surface area contributed by atoms with E-state index in [1.54, 1.807) is 38.1 Å². The molecule has 130 valence electrons. The van der Waals surface area contributed by atoms with Crippen LogP contribution in [0.15, 0.2) is 52.9 Å². The number of nitrogens with zero attached hydrogens (tertiary/aromatic N) is 3. The monoisotopic (exact) mass is 348 g/mol. The minimum Gasteiger partial charge on any atom is -0.451 e. The van der Waals surface area contributed by atoms with Crippen LogP contribution in [0.25, 0.3) is 22.5 Å². The number of H-pyrrole nitrogens is 1. The molecule has 0 aliphatic carbocycles. The van der Waals surface area contributed by atoms with E-state index in [0.717, 1.165) is 11.0 Å². The number of hydrogen-bond acceptors (Lipinski definition) is 6. The Morgan fingerprint density at radius 1 is 1.15 bits per heavy atom. The van der Waals surface area contributed by atoms with Crippen molar-refractivity contribution in [3.8, 4) is 11.5 Å². The molecule has 0 aliphatic rings. The van der Waals surface area contributed by atoms with Crippen molar-refractivity contribution < 1.29 is 13.9 Å². The standard InChI is InChI=1S/C19H16N4O3/c1-11(17-20-15-8-3-4-9-16(15)21-17)25-19(24)14-7-5-6-13(10-14)18-23-22-12(2)26-18/h3-11H,1-2H3,(H,20,21).